The molecule has 10 heteroatoms. The zero-order valence-corrected chi connectivity index (χ0v) is 27.0. The number of amides is 1. The Kier molecular flexibility index (Phi) is 9.31. The lowest BCUT2D eigenvalue weighted by Crippen LogP contribution is -2.22. The Labute approximate surface area is 259 Å². The van der Waals surface area contributed by atoms with Crippen molar-refractivity contribution in [1.29, 1.82) is 0 Å². The number of hydrogen-bond acceptors (Lipinski definition) is 7. The third-order valence-corrected chi connectivity index (χ3v) is 9.59. The minimum atomic E-state index is -1.24. The monoisotopic (exact) mass is 612 g/mol. The Morgan fingerprint density at radius 3 is 2.11 bits per heavy atom. The van der Waals surface area contributed by atoms with Crippen molar-refractivity contribution in [1.82, 2.24) is 15.0 Å². The van der Waals surface area contributed by atoms with Crippen LogP contribution < -0.4 is 5.32 Å². The van der Waals surface area contributed by atoms with Crippen molar-refractivity contribution >= 4 is 26.0 Å². The first kappa shape index (κ1) is 31.2. The maximum atomic E-state index is 12.9. The second kappa shape index (κ2) is 13.2. The lowest BCUT2D eigenvalue weighted by molar-refractivity contribution is -0.143. The van der Waals surface area contributed by atoms with Crippen LogP contribution in [-0.4, -0.2) is 48.8 Å². The third kappa shape index (κ3) is 7.43. The Morgan fingerprint density at radius 1 is 0.909 bits per heavy atom. The number of ether oxygens (including phenoxy) is 3. The second-order valence-corrected chi connectivity index (χ2v) is 18.1. The minimum Gasteiger partial charge on any atom is -0.468 e. The van der Waals surface area contributed by atoms with Crippen LogP contribution in [0.3, 0.4) is 0 Å². The molecule has 1 aromatic heterocycles. The molecule has 230 valence electrons. The van der Waals surface area contributed by atoms with Gasteiger partial charge in [-0.05, 0) is 48.1 Å². The topological polar surface area (TPSA) is 105 Å². The number of aromatic nitrogens is 3. The van der Waals surface area contributed by atoms with Crippen LogP contribution in [0.1, 0.15) is 37.0 Å². The highest BCUT2D eigenvalue weighted by Crippen LogP contribution is 2.49. The fraction of sp³-hybridized carbons (Fsp3) is 0.353. The third-order valence-electron chi connectivity index (χ3n) is 7.89. The van der Waals surface area contributed by atoms with E-state index in [4.69, 9.17) is 14.2 Å². The van der Waals surface area contributed by atoms with Gasteiger partial charge in [-0.15, -0.1) is 10.2 Å². The average Bonchev–Trinajstić information content (AvgIpc) is 3.74. The summed E-state index contributed by atoms with van der Waals surface area (Å²) in [5, 5.41) is 12.0. The minimum absolute atomic E-state index is 0.173. The molecule has 9 nitrogen and oxygen atoms in total. The first-order valence-electron chi connectivity index (χ1n) is 14.9. The van der Waals surface area contributed by atoms with E-state index in [-0.39, 0.29) is 12.7 Å². The van der Waals surface area contributed by atoms with E-state index in [0.717, 1.165) is 46.7 Å². The van der Waals surface area contributed by atoms with Gasteiger partial charge in [0.05, 0.1) is 12.5 Å². The van der Waals surface area contributed by atoms with Gasteiger partial charge < -0.3 is 14.2 Å². The molecule has 1 N–H and O–H groups in total. The van der Waals surface area contributed by atoms with Crippen LogP contribution in [0, 0.1) is 0 Å². The van der Waals surface area contributed by atoms with Crippen molar-refractivity contribution in [2.45, 2.75) is 63.7 Å². The first-order chi connectivity index (χ1) is 21.1. The molecule has 1 aliphatic rings. The van der Waals surface area contributed by atoms with Gasteiger partial charge in [-0.3, -0.25) is 10.1 Å². The number of hydrogen-bond donors (Lipinski definition) is 1. The normalized spacial score (nSPS) is 14.5. The maximum Gasteiger partial charge on any atom is 0.413 e. The summed E-state index contributed by atoms with van der Waals surface area (Å²) < 4.78 is 16.5. The summed E-state index contributed by atoms with van der Waals surface area (Å²) in [6, 6.07) is 26.5. The van der Waals surface area contributed by atoms with E-state index < -0.39 is 25.7 Å². The standard InChI is InChI=1S/C34H40N4O5Si/c1-24(25-9-7-6-8-10-25)43-33(40)35-31-30(36-38(37-31)23-42-21-22-44(3,4)5)28-13-11-26(12-14-28)27-15-17-29(18-16-27)34(19-20-34)32(39)41-2/h6-18,24H,19-23H2,1-5H3,(H,35,37,40)/t24-/m1/s1. The van der Waals surface area contributed by atoms with E-state index in [1.54, 1.807) is 0 Å². The Hall–Kier alpha value is -4.28. The molecular formula is C34H40N4O5Si. The number of rotatable bonds is 12. The van der Waals surface area contributed by atoms with Crippen molar-refractivity contribution in [3.05, 3.63) is 90.0 Å². The predicted molar refractivity (Wildman–Crippen MR) is 173 cm³/mol. The Balaban J connectivity index is 1.33. The number of nitrogens with zero attached hydrogens (tertiary/aromatic N) is 3. The van der Waals surface area contributed by atoms with Crippen molar-refractivity contribution in [3.8, 4) is 22.4 Å². The summed E-state index contributed by atoms with van der Waals surface area (Å²) in [6.07, 6.45) is 0.568. The van der Waals surface area contributed by atoms with Crippen LogP contribution in [0.15, 0.2) is 78.9 Å². The SMILES string of the molecule is COC(=O)C1(c2ccc(-c3ccc(-c4nn(COCC[Si](C)(C)C)nc4NC(=O)O[C@H](C)c4ccccc4)cc3)cc2)CC1. The summed E-state index contributed by atoms with van der Waals surface area (Å²) >= 11 is 0. The van der Waals surface area contributed by atoms with Crippen LogP contribution in [0.5, 0.6) is 0 Å². The van der Waals surface area contributed by atoms with Crippen LogP contribution in [0.2, 0.25) is 25.7 Å². The lowest BCUT2D eigenvalue weighted by Gasteiger charge is -2.15. The molecule has 0 aliphatic heterocycles. The number of esters is 1. The Bertz CT molecular complexity index is 1580. The highest BCUT2D eigenvalue weighted by molar-refractivity contribution is 6.76. The summed E-state index contributed by atoms with van der Waals surface area (Å²) in [6.45, 7) is 9.52. The second-order valence-electron chi connectivity index (χ2n) is 12.4. The molecule has 0 unspecified atom stereocenters. The van der Waals surface area contributed by atoms with Crippen LogP contribution in [0.4, 0.5) is 10.6 Å². The molecule has 0 saturated heterocycles. The van der Waals surface area contributed by atoms with E-state index >= 15 is 0 Å². The highest BCUT2D eigenvalue weighted by atomic mass is 28.3. The van der Waals surface area contributed by atoms with Crippen molar-refractivity contribution in [3.63, 3.8) is 0 Å². The molecule has 44 heavy (non-hydrogen) atoms. The van der Waals surface area contributed by atoms with Gasteiger partial charge in [0, 0.05) is 20.2 Å². The lowest BCUT2D eigenvalue weighted by atomic mass is 9.93. The fourth-order valence-electron chi connectivity index (χ4n) is 5.02. The predicted octanol–water partition coefficient (Wildman–Crippen LogP) is 7.44. The van der Waals surface area contributed by atoms with Gasteiger partial charge in [-0.2, -0.15) is 4.80 Å². The molecule has 1 heterocycles. The van der Waals surface area contributed by atoms with Crippen molar-refractivity contribution in [2.24, 2.45) is 0 Å². The zero-order chi connectivity index (χ0) is 31.3. The highest BCUT2D eigenvalue weighted by Gasteiger charge is 2.52. The molecule has 3 aromatic carbocycles. The van der Waals surface area contributed by atoms with Gasteiger partial charge in [-0.25, -0.2) is 4.79 Å². The zero-order valence-electron chi connectivity index (χ0n) is 26.0. The number of nitrogens with one attached hydrogen (secondary N) is 1. The molecule has 1 atom stereocenters. The van der Waals surface area contributed by atoms with E-state index in [1.807, 2.05) is 85.8 Å². The quantitative estimate of drug-likeness (QED) is 0.101. The number of methoxy groups -OCH3 is 1. The van der Waals surface area contributed by atoms with Crippen LogP contribution in [0.25, 0.3) is 22.4 Å². The molecule has 4 aromatic rings. The number of anilines is 1. The maximum absolute atomic E-state index is 12.9. The van der Waals surface area contributed by atoms with Gasteiger partial charge in [0.2, 0.25) is 0 Å². The molecular weight excluding hydrogens is 572 g/mol. The van der Waals surface area contributed by atoms with Gasteiger partial charge in [0.1, 0.15) is 11.8 Å². The van der Waals surface area contributed by atoms with Crippen LogP contribution in [-0.2, 0) is 31.2 Å². The molecule has 0 spiro atoms. The van der Waals surface area contributed by atoms with Crippen molar-refractivity contribution in [2.75, 3.05) is 19.0 Å². The number of benzene rings is 3. The van der Waals surface area contributed by atoms with Gasteiger partial charge >= 0.3 is 12.1 Å². The van der Waals surface area contributed by atoms with Crippen LogP contribution >= 0.6 is 0 Å². The van der Waals surface area contributed by atoms with Gasteiger partial charge in [0.25, 0.3) is 0 Å². The molecule has 1 aliphatic carbocycles. The summed E-state index contributed by atoms with van der Waals surface area (Å²) in [5.74, 6) is 0.116. The number of carbonyl (C=O) groups is 2. The summed E-state index contributed by atoms with van der Waals surface area (Å²) in [4.78, 5) is 26.6. The van der Waals surface area contributed by atoms with E-state index in [1.165, 1.54) is 11.9 Å². The molecule has 1 fully saturated rings. The van der Waals surface area contributed by atoms with Gasteiger partial charge in [-0.1, -0.05) is 98.5 Å². The molecule has 1 amide bonds. The first-order valence-corrected chi connectivity index (χ1v) is 18.6. The van der Waals surface area contributed by atoms with Gasteiger partial charge in [0.15, 0.2) is 12.5 Å². The number of carbonyl (C=O) groups excluding carboxylic acids is 2. The molecule has 0 radical (unpaired) electrons. The fourth-order valence-corrected chi connectivity index (χ4v) is 5.78. The van der Waals surface area contributed by atoms with E-state index in [0.29, 0.717) is 18.1 Å². The largest absolute Gasteiger partial charge is 0.468 e. The smallest absolute Gasteiger partial charge is 0.413 e. The summed E-state index contributed by atoms with van der Waals surface area (Å²) in [7, 11) is 0.200. The van der Waals surface area contributed by atoms with Crippen molar-refractivity contribution < 1.29 is 23.8 Å². The average molecular weight is 613 g/mol. The molecule has 1 saturated carbocycles. The Morgan fingerprint density at radius 2 is 1.52 bits per heavy atom. The van der Waals surface area contributed by atoms with E-state index in [9.17, 15) is 9.59 Å². The molecule has 0 bridgehead atoms. The molecule has 5 rings (SSSR count). The van der Waals surface area contributed by atoms with E-state index in [2.05, 4.69) is 35.2 Å². The summed E-state index contributed by atoms with van der Waals surface area (Å²) in [5.41, 5.74) is 4.71.